The number of aliphatic hydroxyl groups is 2. The minimum absolute atomic E-state index is 0.0288. The number of benzene rings is 2. The zero-order valence-electron chi connectivity index (χ0n) is 14.8. The van der Waals surface area contributed by atoms with Crippen LogP contribution in [-0.2, 0) is 6.42 Å². The average Bonchev–Trinajstić information content (AvgIpc) is 2.66. The van der Waals surface area contributed by atoms with Gasteiger partial charge in [0.15, 0.2) is 23.0 Å². The summed E-state index contributed by atoms with van der Waals surface area (Å²) in [5.41, 5.74) is 2.67. The van der Waals surface area contributed by atoms with Crippen molar-refractivity contribution >= 4 is 0 Å². The lowest BCUT2D eigenvalue weighted by molar-refractivity contribution is 0.101. The van der Waals surface area contributed by atoms with Crippen LogP contribution in [0.3, 0.4) is 0 Å². The molecule has 0 saturated carbocycles. The summed E-state index contributed by atoms with van der Waals surface area (Å²) in [5.74, 6) is 0.160. The van der Waals surface area contributed by atoms with E-state index in [4.69, 9.17) is 9.47 Å². The molecule has 0 radical (unpaired) electrons. The van der Waals surface area contributed by atoms with Gasteiger partial charge in [0.1, 0.15) is 0 Å². The minimum atomic E-state index is -0.257. The Labute approximate surface area is 152 Å². The van der Waals surface area contributed by atoms with Crippen molar-refractivity contribution in [1.29, 1.82) is 0 Å². The first-order chi connectivity index (χ1) is 12.5. The molecule has 2 aromatic carbocycles. The van der Waals surface area contributed by atoms with E-state index in [9.17, 15) is 20.4 Å². The number of ether oxygens (including phenoxy) is 2. The van der Waals surface area contributed by atoms with Gasteiger partial charge < -0.3 is 29.9 Å². The van der Waals surface area contributed by atoms with Crippen LogP contribution < -0.4 is 9.47 Å². The molecule has 3 rings (SSSR count). The van der Waals surface area contributed by atoms with Crippen molar-refractivity contribution in [2.75, 3.05) is 27.4 Å². The molecule has 0 aromatic heterocycles. The van der Waals surface area contributed by atoms with Gasteiger partial charge in [0, 0.05) is 19.1 Å². The zero-order valence-corrected chi connectivity index (χ0v) is 14.8. The molecule has 26 heavy (non-hydrogen) atoms. The van der Waals surface area contributed by atoms with Gasteiger partial charge in [-0.15, -0.1) is 0 Å². The Morgan fingerprint density at radius 1 is 0.923 bits per heavy atom. The largest absolute Gasteiger partial charge is 0.504 e. The number of aromatic hydroxyl groups is 2. The van der Waals surface area contributed by atoms with Crippen molar-refractivity contribution < 1.29 is 29.9 Å². The fourth-order valence-electron chi connectivity index (χ4n) is 3.96. The fraction of sp³-hybridized carbons (Fsp3) is 0.400. The molecule has 0 heterocycles. The molecule has 0 aliphatic heterocycles. The van der Waals surface area contributed by atoms with Gasteiger partial charge in [-0.2, -0.15) is 0 Å². The lowest BCUT2D eigenvalue weighted by Gasteiger charge is -2.38. The summed E-state index contributed by atoms with van der Waals surface area (Å²) < 4.78 is 10.4. The van der Waals surface area contributed by atoms with Crippen LogP contribution in [-0.4, -0.2) is 47.9 Å². The van der Waals surface area contributed by atoms with Gasteiger partial charge in [-0.3, -0.25) is 0 Å². The van der Waals surface area contributed by atoms with E-state index in [1.165, 1.54) is 14.2 Å². The van der Waals surface area contributed by atoms with Crippen molar-refractivity contribution in [3.63, 3.8) is 0 Å². The number of rotatable bonds is 5. The number of methoxy groups -OCH3 is 2. The summed E-state index contributed by atoms with van der Waals surface area (Å²) in [7, 11) is 2.97. The number of aliphatic hydroxyl groups excluding tert-OH is 2. The second kappa shape index (κ2) is 7.43. The third-order valence-electron chi connectivity index (χ3n) is 5.30. The zero-order chi connectivity index (χ0) is 18.8. The van der Waals surface area contributed by atoms with Crippen molar-refractivity contribution in [3.8, 4) is 23.0 Å². The van der Waals surface area contributed by atoms with Gasteiger partial charge in [-0.05, 0) is 59.2 Å². The van der Waals surface area contributed by atoms with Gasteiger partial charge in [-0.1, -0.05) is 6.07 Å². The molecule has 0 bridgehead atoms. The number of hydrogen-bond donors (Lipinski definition) is 4. The predicted molar refractivity (Wildman–Crippen MR) is 96.0 cm³/mol. The molecule has 0 fully saturated rings. The maximum Gasteiger partial charge on any atom is 0.160 e. The third-order valence-corrected chi connectivity index (χ3v) is 5.30. The summed E-state index contributed by atoms with van der Waals surface area (Å²) in [4.78, 5) is 0. The molecule has 1 aliphatic carbocycles. The van der Waals surface area contributed by atoms with Gasteiger partial charge in [0.05, 0.1) is 14.2 Å². The van der Waals surface area contributed by atoms with E-state index < -0.39 is 0 Å². The van der Waals surface area contributed by atoms with Gasteiger partial charge >= 0.3 is 0 Å². The lowest BCUT2D eigenvalue weighted by Crippen LogP contribution is -2.35. The Kier molecular flexibility index (Phi) is 5.25. The molecular weight excluding hydrogens is 336 g/mol. The van der Waals surface area contributed by atoms with E-state index in [-0.39, 0.29) is 42.5 Å². The monoisotopic (exact) mass is 360 g/mol. The van der Waals surface area contributed by atoms with Crippen molar-refractivity contribution in [2.24, 2.45) is 11.8 Å². The topological polar surface area (TPSA) is 99.4 Å². The summed E-state index contributed by atoms with van der Waals surface area (Å²) >= 11 is 0. The van der Waals surface area contributed by atoms with Crippen LogP contribution in [0.2, 0.25) is 0 Å². The number of phenols is 2. The first kappa shape index (κ1) is 18.4. The molecule has 1 aliphatic rings. The molecular formula is C20H24O6. The molecule has 4 N–H and O–H groups in total. The molecule has 0 spiro atoms. The summed E-state index contributed by atoms with van der Waals surface area (Å²) in [6.45, 7) is -0.162. The standard InChI is InChI=1S/C20H24O6/c1-25-18-6-11(3-4-16(18)23)20-14-8-17(24)19(26-2)7-12(14)5-13(9-21)15(20)10-22/h3-4,6-8,13,15,20-24H,5,9-10H2,1-2H3/t13-,15+,20-/m1/s1. The van der Waals surface area contributed by atoms with Crippen LogP contribution in [0.5, 0.6) is 23.0 Å². The summed E-state index contributed by atoms with van der Waals surface area (Å²) in [6.07, 6.45) is 0.583. The average molecular weight is 360 g/mol. The number of phenolic OH excluding ortho intramolecular Hbond substituents is 2. The second-order valence-electron chi connectivity index (χ2n) is 6.63. The lowest BCUT2D eigenvalue weighted by atomic mass is 9.67. The van der Waals surface area contributed by atoms with E-state index in [1.807, 2.05) is 0 Å². The molecule has 0 saturated heterocycles. The van der Waals surface area contributed by atoms with Gasteiger partial charge in [-0.25, -0.2) is 0 Å². The molecule has 2 aromatic rings. The normalized spacial score (nSPS) is 21.9. The SMILES string of the molecule is COc1cc([C@@H]2c3cc(O)c(OC)cc3C[C@H](CO)[C@@H]2CO)ccc1O. The van der Waals surface area contributed by atoms with Gasteiger partial charge in [0.2, 0.25) is 0 Å². The molecule has 0 unspecified atom stereocenters. The molecule has 6 heteroatoms. The Hall–Kier alpha value is -2.44. The Morgan fingerprint density at radius 3 is 2.23 bits per heavy atom. The van der Waals surface area contributed by atoms with E-state index in [0.717, 1.165) is 16.7 Å². The Bertz CT molecular complexity index is 788. The molecule has 140 valence electrons. The fourth-order valence-corrected chi connectivity index (χ4v) is 3.96. The van der Waals surface area contributed by atoms with E-state index in [0.29, 0.717) is 17.9 Å². The highest BCUT2D eigenvalue weighted by molar-refractivity contribution is 5.53. The van der Waals surface area contributed by atoms with E-state index in [2.05, 4.69) is 0 Å². The van der Waals surface area contributed by atoms with E-state index >= 15 is 0 Å². The Morgan fingerprint density at radius 2 is 1.62 bits per heavy atom. The van der Waals surface area contributed by atoms with Crippen LogP contribution in [0.15, 0.2) is 30.3 Å². The number of fused-ring (bicyclic) bond motifs is 1. The summed E-state index contributed by atoms with van der Waals surface area (Å²) in [6, 6.07) is 8.50. The molecule has 6 nitrogen and oxygen atoms in total. The van der Waals surface area contributed by atoms with Crippen molar-refractivity contribution in [1.82, 2.24) is 0 Å². The summed E-state index contributed by atoms with van der Waals surface area (Å²) in [5, 5.41) is 40.0. The Balaban J connectivity index is 2.19. The van der Waals surface area contributed by atoms with Crippen LogP contribution in [0.1, 0.15) is 22.6 Å². The van der Waals surface area contributed by atoms with Crippen molar-refractivity contribution in [3.05, 3.63) is 47.0 Å². The van der Waals surface area contributed by atoms with E-state index in [1.54, 1.807) is 30.3 Å². The smallest absolute Gasteiger partial charge is 0.160 e. The second-order valence-corrected chi connectivity index (χ2v) is 6.63. The number of hydrogen-bond acceptors (Lipinski definition) is 6. The first-order valence-electron chi connectivity index (χ1n) is 8.52. The quantitative estimate of drug-likeness (QED) is 0.651. The highest BCUT2D eigenvalue weighted by atomic mass is 16.5. The van der Waals surface area contributed by atoms with Gasteiger partial charge in [0.25, 0.3) is 0 Å². The van der Waals surface area contributed by atoms with Crippen LogP contribution in [0, 0.1) is 11.8 Å². The molecule has 3 atom stereocenters. The predicted octanol–water partition coefficient (Wildman–Crippen LogP) is 2.02. The van der Waals surface area contributed by atoms with Crippen LogP contribution >= 0.6 is 0 Å². The third kappa shape index (κ3) is 3.06. The van der Waals surface area contributed by atoms with Crippen LogP contribution in [0.25, 0.3) is 0 Å². The highest BCUT2D eigenvalue weighted by Crippen LogP contribution is 2.47. The highest BCUT2D eigenvalue weighted by Gasteiger charge is 2.38. The van der Waals surface area contributed by atoms with Crippen LogP contribution in [0.4, 0.5) is 0 Å². The van der Waals surface area contributed by atoms with Crippen molar-refractivity contribution in [2.45, 2.75) is 12.3 Å². The molecule has 0 amide bonds. The minimum Gasteiger partial charge on any atom is -0.504 e. The first-order valence-corrected chi connectivity index (χ1v) is 8.52. The maximum absolute atomic E-state index is 10.3. The maximum atomic E-state index is 10.3.